The summed E-state index contributed by atoms with van der Waals surface area (Å²) in [4.78, 5) is 12.0. The first-order chi connectivity index (χ1) is 8.19. The predicted octanol–water partition coefficient (Wildman–Crippen LogP) is 1.91. The normalized spacial score (nSPS) is 27.5. The second-order valence-electron chi connectivity index (χ2n) is 4.79. The monoisotopic (exact) mass is 250 g/mol. The van der Waals surface area contributed by atoms with Crippen molar-refractivity contribution < 1.29 is 4.79 Å². The molecule has 0 aliphatic carbocycles. The van der Waals surface area contributed by atoms with E-state index in [0.29, 0.717) is 5.92 Å². The van der Waals surface area contributed by atoms with E-state index in [-0.39, 0.29) is 11.9 Å². The third-order valence-corrected chi connectivity index (χ3v) is 4.04. The molecule has 1 fully saturated rings. The van der Waals surface area contributed by atoms with Gasteiger partial charge in [0.1, 0.15) is 0 Å². The Hall–Kier alpha value is -1.06. The number of fused-ring (bicyclic) bond motifs is 3. The highest BCUT2D eigenvalue weighted by Crippen LogP contribution is 2.34. The van der Waals surface area contributed by atoms with Crippen molar-refractivity contribution in [2.75, 3.05) is 13.1 Å². The topological polar surface area (TPSA) is 32.3 Å². The zero-order chi connectivity index (χ0) is 12.0. The van der Waals surface area contributed by atoms with Crippen molar-refractivity contribution in [1.82, 2.24) is 9.74 Å². The average Bonchev–Trinajstić information content (AvgIpc) is 2.69. The third-order valence-electron chi connectivity index (χ3n) is 3.76. The first kappa shape index (κ1) is 11.1. The first-order valence-corrected chi connectivity index (χ1v) is 6.37. The molecule has 3 rings (SSSR count). The Morgan fingerprint density at radius 2 is 2.29 bits per heavy atom. The Morgan fingerprint density at radius 1 is 1.47 bits per heavy atom. The molecule has 3 nitrogen and oxygen atoms in total. The van der Waals surface area contributed by atoms with Crippen molar-refractivity contribution in [2.45, 2.75) is 25.3 Å². The van der Waals surface area contributed by atoms with Crippen molar-refractivity contribution in [2.24, 2.45) is 0 Å². The van der Waals surface area contributed by atoms with Crippen LogP contribution < -0.4 is 5.32 Å². The van der Waals surface area contributed by atoms with Crippen LogP contribution in [0.25, 0.3) is 0 Å². The van der Waals surface area contributed by atoms with Crippen molar-refractivity contribution in [3.05, 3.63) is 34.9 Å². The van der Waals surface area contributed by atoms with E-state index in [2.05, 4.69) is 18.3 Å². The molecule has 17 heavy (non-hydrogen) atoms. The molecule has 1 N–H and O–H groups in total. The highest BCUT2D eigenvalue weighted by atomic mass is 35.5. The minimum Gasteiger partial charge on any atom is -0.347 e. The van der Waals surface area contributed by atoms with Gasteiger partial charge in [0.05, 0.1) is 6.04 Å². The van der Waals surface area contributed by atoms with Gasteiger partial charge in [0, 0.05) is 24.6 Å². The average molecular weight is 251 g/mol. The van der Waals surface area contributed by atoms with Gasteiger partial charge in [-0.15, -0.1) is 0 Å². The van der Waals surface area contributed by atoms with Crippen molar-refractivity contribution in [3.8, 4) is 0 Å². The van der Waals surface area contributed by atoms with E-state index in [1.807, 2.05) is 12.1 Å². The molecule has 0 bridgehead atoms. The van der Waals surface area contributed by atoms with Gasteiger partial charge in [-0.05, 0) is 35.4 Å². The fourth-order valence-corrected chi connectivity index (χ4v) is 3.11. The van der Waals surface area contributed by atoms with E-state index in [1.165, 1.54) is 11.1 Å². The van der Waals surface area contributed by atoms with Crippen LogP contribution >= 0.6 is 11.8 Å². The zero-order valence-electron chi connectivity index (χ0n) is 9.74. The Kier molecular flexibility index (Phi) is 2.60. The molecule has 0 unspecified atom stereocenters. The number of carbonyl (C=O) groups excluding carboxylic acids is 1. The van der Waals surface area contributed by atoms with Crippen molar-refractivity contribution in [1.29, 1.82) is 0 Å². The summed E-state index contributed by atoms with van der Waals surface area (Å²) in [5, 5.41) is 3.04. The van der Waals surface area contributed by atoms with Crippen LogP contribution in [0, 0.1) is 0 Å². The molecule has 0 saturated carbocycles. The Labute approximate surface area is 106 Å². The van der Waals surface area contributed by atoms with Crippen LogP contribution in [0.2, 0.25) is 0 Å². The largest absolute Gasteiger partial charge is 0.347 e. The molecule has 1 saturated heterocycles. The number of amides is 1. The van der Waals surface area contributed by atoms with Gasteiger partial charge in [0.15, 0.2) is 0 Å². The summed E-state index contributed by atoms with van der Waals surface area (Å²) >= 11 is 6.06. The molecule has 1 aromatic carbocycles. The van der Waals surface area contributed by atoms with Crippen molar-refractivity contribution in [3.63, 3.8) is 0 Å². The number of nitrogens with zero attached hydrogens (tertiary/aromatic N) is 1. The smallest absolute Gasteiger partial charge is 0.251 e. The van der Waals surface area contributed by atoms with Gasteiger partial charge in [-0.25, -0.2) is 4.42 Å². The van der Waals surface area contributed by atoms with E-state index >= 15 is 0 Å². The number of nitrogens with one attached hydrogen (secondary N) is 1. The van der Waals surface area contributed by atoms with Crippen molar-refractivity contribution >= 4 is 17.7 Å². The summed E-state index contributed by atoms with van der Waals surface area (Å²) in [7, 11) is 0. The fourth-order valence-electron chi connectivity index (χ4n) is 2.81. The molecule has 90 valence electrons. The van der Waals surface area contributed by atoms with Crippen LogP contribution in [-0.4, -0.2) is 29.5 Å². The summed E-state index contributed by atoms with van der Waals surface area (Å²) in [6.45, 7) is 3.67. The Balaban J connectivity index is 2.07. The summed E-state index contributed by atoms with van der Waals surface area (Å²) in [5.41, 5.74) is 3.27. The Bertz CT molecular complexity index is 474. The summed E-state index contributed by atoms with van der Waals surface area (Å²) in [6.07, 6.45) is 0.997. The lowest BCUT2D eigenvalue weighted by Crippen LogP contribution is -2.44. The zero-order valence-corrected chi connectivity index (χ0v) is 10.5. The maximum atomic E-state index is 12.0. The molecule has 2 aliphatic heterocycles. The van der Waals surface area contributed by atoms with Gasteiger partial charge in [-0.3, -0.25) is 4.79 Å². The molecular formula is C13H15ClN2O. The fraction of sp³-hybridized carbons (Fsp3) is 0.462. The lowest BCUT2D eigenvalue weighted by atomic mass is 9.85. The molecular weight excluding hydrogens is 236 g/mol. The molecule has 2 atom stereocenters. The minimum absolute atomic E-state index is 0.0378. The highest BCUT2D eigenvalue weighted by molar-refractivity contribution is 6.13. The number of carbonyl (C=O) groups is 1. The minimum atomic E-state index is 0.0378. The highest BCUT2D eigenvalue weighted by Gasteiger charge is 2.39. The van der Waals surface area contributed by atoms with Gasteiger partial charge in [-0.2, -0.15) is 0 Å². The van der Waals surface area contributed by atoms with E-state index < -0.39 is 0 Å². The van der Waals surface area contributed by atoms with Gasteiger partial charge >= 0.3 is 0 Å². The van der Waals surface area contributed by atoms with E-state index in [4.69, 9.17) is 11.8 Å². The quantitative estimate of drug-likeness (QED) is 0.773. The van der Waals surface area contributed by atoms with Crippen LogP contribution in [0.15, 0.2) is 18.2 Å². The van der Waals surface area contributed by atoms with Crippen LogP contribution in [0.5, 0.6) is 0 Å². The SMILES string of the molecule is CCc1ccc2c(c1)[C@H]1CN(Cl)C[C@@H]1NC2=O. The second kappa shape index (κ2) is 4.00. The molecule has 2 aliphatic rings. The third kappa shape index (κ3) is 1.74. The van der Waals surface area contributed by atoms with E-state index in [1.54, 1.807) is 4.42 Å². The number of aryl methyl sites for hydroxylation is 1. The molecule has 4 heteroatoms. The molecule has 1 aromatic rings. The van der Waals surface area contributed by atoms with Gasteiger partial charge in [-0.1, -0.05) is 19.1 Å². The molecule has 2 heterocycles. The van der Waals surface area contributed by atoms with Gasteiger partial charge in [0.25, 0.3) is 5.91 Å². The van der Waals surface area contributed by atoms with Crippen LogP contribution in [0.4, 0.5) is 0 Å². The number of hydrogen-bond acceptors (Lipinski definition) is 2. The number of halogens is 1. The molecule has 0 spiro atoms. The van der Waals surface area contributed by atoms with Gasteiger partial charge in [0.2, 0.25) is 0 Å². The summed E-state index contributed by atoms with van der Waals surface area (Å²) in [5.74, 6) is 0.377. The lowest BCUT2D eigenvalue weighted by Gasteiger charge is -2.28. The molecule has 0 aromatic heterocycles. The van der Waals surface area contributed by atoms with E-state index in [0.717, 1.165) is 25.1 Å². The summed E-state index contributed by atoms with van der Waals surface area (Å²) < 4.78 is 1.77. The van der Waals surface area contributed by atoms with Crippen LogP contribution in [-0.2, 0) is 6.42 Å². The first-order valence-electron chi connectivity index (χ1n) is 6.03. The van der Waals surface area contributed by atoms with Gasteiger partial charge < -0.3 is 5.32 Å². The van der Waals surface area contributed by atoms with Crippen LogP contribution in [0.3, 0.4) is 0 Å². The summed E-state index contributed by atoms with van der Waals surface area (Å²) in [6, 6.07) is 6.31. The number of rotatable bonds is 1. The maximum Gasteiger partial charge on any atom is 0.251 e. The molecule has 0 radical (unpaired) electrons. The number of benzene rings is 1. The Morgan fingerprint density at radius 3 is 3.06 bits per heavy atom. The maximum absolute atomic E-state index is 12.0. The second-order valence-corrected chi connectivity index (χ2v) is 5.27. The predicted molar refractivity (Wildman–Crippen MR) is 67.2 cm³/mol. The lowest BCUT2D eigenvalue weighted by molar-refractivity contribution is 0.0923. The van der Waals surface area contributed by atoms with Crippen LogP contribution in [0.1, 0.15) is 34.3 Å². The van der Waals surface area contributed by atoms with E-state index in [9.17, 15) is 4.79 Å². The number of hydrogen-bond donors (Lipinski definition) is 1. The molecule has 1 amide bonds. The standard InChI is InChI=1S/C13H15ClN2O/c1-2-8-3-4-9-10(5-8)11-6-16(14)7-12(11)15-13(9)17/h3-5,11-12H,2,6-7H2,1H3,(H,15,17)/t11-,12+/m1/s1.